The molecule has 118 valence electrons. The highest BCUT2D eigenvalue weighted by Crippen LogP contribution is 2.34. The Kier molecular flexibility index (Phi) is 5.08. The van der Waals surface area contributed by atoms with Crippen molar-refractivity contribution < 1.29 is 17.9 Å². The van der Waals surface area contributed by atoms with Crippen molar-refractivity contribution >= 4 is 10.0 Å². The smallest absolute Gasteiger partial charge is 0.214 e. The van der Waals surface area contributed by atoms with Gasteiger partial charge in [0.25, 0.3) is 0 Å². The highest BCUT2D eigenvalue weighted by molar-refractivity contribution is 7.89. The Bertz CT molecular complexity index is 587. The molecule has 1 aromatic carbocycles. The zero-order valence-electron chi connectivity index (χ0n) is 12.6. The average molecular weight is 314 g/mol. The van der Waals surface area contributed by atoms with E-state index >= 15 is 0 Å². The number of benzene rings is 1. The highest BCUT2D eigenvalue weighted by atomic mass is 32.2. The number of hydrogen-bond acceptors (Lipinski definition) is 5. The summed E-state index contributed by atoms with van der Waals surface area (Å²) in [6.07, 6.45) is 0.808. The number of sulfonamides is 1. The van der Waals surface area contributed by atoms with E-state index in [4.69, 9.17) is 9.47 Å². The second-order valence-corrected chi connectivity index (χ2v) is 7.45. The predicted octanol–water partition coefficient (Wildman–Crippen LogP) is 1.000. The Hall–Kier alpha value is -1.31. The minimum atomic E-state index is -3.17. The topological polar surface area (TPSA) is 67.9 Å². The summed E-state index contributed by atoms with van der Waals surface area (Å²) >= 11 is 0. The molecule has 1 heterocycles. The third kappa shape index (κ3) is 3.87. The maximum absolute atomic E-state index is 11.8. The normalized spacial score (nSPS) is 18.2. The van der Waals surface area contributed by atoms with Crippen molar-refractivity contribution in [3.63, 3.8) is 0 Å². The lowest BCUT2D eigenvalue weighted by molar-refractivity contribution is 0.253. The standard InChI is InChI=1S/C14H22N2O4S/c1-16(2)21(17,18)9-7-15-13-6-8-20-14-5-4-11(19-3)10-12(13)14/h4-5,10,13,15H,6-9H2,1-3H3. The van der Waals surface area contributed by atoms with E-state index in [0.29, 0.717) is 13.2 Å². The Labute approximate surface area is 126 Å². The van der Waals surface area contributed by atoms with Gasteiger partial charge in [-0.05, 0) is 18.2 Å². The van der Waals surface area contributed by atoms with Gasteiger partial charge in [-0.2, -0.15) is 0 Å². The number of fused-ring (bicyclic) bond motifs is 1. The quantitative estimate of drug-likeness (QED) is 0.848. The minimum absolute atomic E-state index is 0.0800. The van der Waals surface area contributed by atoms with Crippen LogP contribution in [0.1, 0.15) is 18.0 Å². The van der Waals surface area contributed by atoms with Crippen molar-refractivity contribution in [3.05, 3.63) is 23.8 Å². The zero-order chi connectivity index (χ0) is 15.5. The van der Waals surface area contributed by atoms with E-state index in [9.17, 15) is 8.42 Å². The number of ether oxygens (including phenoxy) is 2. The van der Waals surface area contributed by atoms with Gasteiger partial charge in [0, 0.05) is 38.7 Å². The summed E-state index contributed by atoms with van der Waals surface area (Å²) in [4.78, 5) is 0. The average Bonchev–Trinajstić information content (AvgIpc) is 2.46. The first-order chi connectivity index (χ1) is 9.94. The second-order valence-electron chi connectivity index (χ2n) is 5.15. The molecule has 7 heteroatoms. The predicted molar refractivity (Wildman–Crippen MR) is 81.3 cm³/mol. The summed E-state index contributed by atoms with van der Waals surface area (Å²) in [6, 6.07) is 5.77. The van der Waals surface area contributed by atoms with Crippen LogP contribution < -0.4 is 14.8 Å². The first-order valence-electron chi connectivity index (χ1n) is 6.88. The van der Waals surface area contributed by atoms with E-state index in [1.54, 1.807) is 21.2 Å². The van der Waals surface area contributed by atoms with Crippen LogP contribution in [0.4, 0.5) is 0 Å². The van der Waals surface area contributed by atoms with Crippen LogP contribution in [0.15, 0.2) is 18.2 Å². The monoisotopic (exact) mass is 314 g/mol. The highest BCUT2D eigenvalue weighted by Gasteiger charge is 2.22. The Morgan fingerprint density at radius 3 is 2.86 bits per heavy atom. The SMILES string of the molecule is COc1ccc2c(c1)C(NCCS(=O)(=O)N(C)C)CCO2. The summed E-state index contributed by atoms with van der Waals surface area (Å²) in [6.45, 7) is 1.03. The molecule has 1 aliphatic heterocycles. The molecule has 0 radical (unpaired) electrons. The van der Waals surface area contributed by atoms with Gasteiger partial charge < -0.3 is 14.8 Å². The molecule has 0 amide bonds. The lowest BCUT2D eigenvalue weighted by atomic mass is 10.0. The van der Waals surface area contributed by atoms with Gasteiger partial charge in [0.15, 0.2) is 0 Å². The number of nitrogens with one attached hydrogen (secondary N) is 1. The lowest BCUT2D eigenvalue weighted by Gasteiger charge is -2.27. The molecule has 0 bridgehead atoms. The van der Waals surface area contributed by atoms with Crippen LogP contribution in [0.2, 0.25) is 0 Å². The molecular formula is C14H22N2O4S. The van der Waals surface area contributed by atoms with Crippen LogP contribution in [0.25, 0.3) is 0 Å². The third-order valence-corrected chi connectivity index (χ3v) is 5.40. The molecule has 0 spiro atoms. The summed E-state index contributed by atoms with van der Waals surface area (Å²) in [5, 5.41) is 3.30. The largest absolute Gasteiger partial charge is 0.497 e. The van der Waals surface area contributed by atoms with Gasteiger partial charge in [-0.25, -0.2) is 12.7 Å². The summed E-state index contributed by atoms with van der Waals surface area (Å²) in [5.74, 6) is 1.68. The molecule has 2 rings (SSSR count). The Morgan fingerprint density at radius 1 is 1.43 bits per heavy atom. The van der Waals surface area contributed by atoms with E-state index in [1.807, 2.05) is 18.2 Å². The number of rotatable bonds is 6. The van der Waals surface area contributed by atoms with Crippen LogP contribution in [0, 0.1) is 0 Å². The second kappa shape index (κ2) is 6.64. The number of methoxy groups -OCH3 is 1. The number of hydrogen-bond donors (Lipinski definition) is 1. The van der Waals surface area contributed by atoms with Gasteiger partial charge in [0.2, 0.25) is 10.0 Å². The first kappa shape index (κ1) is 16.1. The molecule has 0 aromatic heterocycles. The fraction of sp³-hybridized carbons (Fsp3) is 0.571. The molecule has 0 saturated heterocycles. The fourth-order valence-electron chi connectivity index (χ4n) is 2.26. The van der Waals surface area contributed by atoms with Crippen molar-refractivity contribution in [2.75, 3.05) is 40.1 Å². The molecule has 0 fully saturated rings. The van der Waals surface area contributed by atoms with E-state index in [2.05, 4.69) is 5.32 Å². The van der Waals surface area contributed by atoms with Gasteiger partial charge in [-0.15, -0.1) is 0 Å². The van der Waals surface area contributed by atoms with Gasteiger partial charge >= 0.3 is 0 Å². The van der Waals surface area contributed by atoms with E-state index in [1.165, 1.54) is 4.31 Å². The summed E-state index contributed by atoms with van der Waals surface area (Å²) < 4.78 is 35.6. The maximum atomic E-state index is 11.8. The minimum Gasteiger partial charge on any atom is -0.497 e. The summed E-state index contributed by atoms with van der Waals surface area (Å²) in [5.41, 5.74) is 1.02. The maximum Gasteiger partial charge on any atom is 0.214 e. The molecule has 21 heavy (non-hydrogen) atoms. The van der Waals surface area contributed by atoms with E-state index in [0.717, 1.165) is 23.5 Å². The molecule has 1 N–H and O–H groups in total. The van der Waals surface area contributed by atoms with Crippen molar-refractivity contribution in [1.82, 2.24) is 9.62 Å². The molecule has 0 saturated carbocycles. The van der Waals surface area contributed by atoms with Gasteiger partial charge in [-0.3, -0.25) is 0 Å². The van der Waals surface area contributed by atoms with Gasteiger partial charge in [0.1, 0.15) is 11.5 Å². The van der Waals surface area contributed by atoms with Crippen LogP contribution in [-0.2, 0) is 10.0 Å². The molecule has 1 atom stereocenters. The molecule has 1 aliphatic rings. The van der Waals surface area contributed by atoms with Crippen molar-refractivity contribution in [2.45, 2.75) is 12.5 Å². The Balaban J connectivity index is 2.03. The first-order valence-corrected chi connectivity index (χ1v) is 8.49. The van der Waals surface area contributed by atoms with Crippen molar-refractivity contribution in [3.8, 4) is 11.5 Å². The van der Waals surface area contributed by atoms with E-state index in [-0.39, 0.29) is 11.8 Å². The Morgan fingerprint density at radius 2 is 2.19 bits per heavy atom. The van der Waals surface area contributed by atoms with E-state index < -0.39 is 10.0 Å². The fourth-order valence-corrected chi connectivity index (χ4v) is 3.00. The zero-order valence-corrected chi connectivity index (χ0v) is 13.4. The van der Waals surface area contributed by atoms with Crippen molar-refractivity contribution in [1.29, 1.82) is 0 Å². The molecule has 1 aromatic rings. The van der Waals surface area contributed by atoms with Gasteiger partial charge in [-0.1, -0.05) is 0 Å². The van der Waals surface area contributed by atoms with Crippen LogP contribution in [0.5, 0.6) is 11.5 Å². The molecule has 6 nitrogen and oxygen atoms in total. The van der Waals surface area contributed by atoms with Gasteiger partial charge in [0.05, 0.1) is 19.5 Å². The van der Waals surface area contributed by atoms with Crippen molar-refractivity contribution in [2.24, 2.45) is 0 Å². The third-order valence-electron chi connectivity index (χ3n) is 3.56. The molecular weight excluding hydrogens is 292 g/mol. The van der Waals surface area contributed by atoms with Crippen LogP contribution in [-0.4, -0.2) is 52.8 Å². The van der Waals surface area contributed by atoms with Crippen LogP contribution in [0.3, 0.4) is 0 Å². The molecule has 1 unspecified atom stereocenters. The summed E-state index contributed by atoms with van der Waals surface area (Å²) in [7, 11) is 1.54. The number of nitrogens with zero attached hydrogens (tertiary/aromatic N) is 1. The lowest BCUT2D eigenvalue weighted by Crippen LogP contribution is -2.34. The molecule has 0 aliphatic carbocycles. The van der Waals surface area contributed by atoms with Crippen LogP contribution >= 0.6 is 0 Å².